The average molecular weight is 213 g/mol. The maximum atomic E-state index is 11.6. The lowest BCUT2D eigenvalue weighted by molar-refractivity contribution is -0.163. The summed E-state index contributed by atoms with van der Waals surface area (Å²) in [6, 6.07) is 0. The molecule has 4 nitrogen and oxygen atoms in total. The molecule has 0 aromatic heterocycles. The predicted octanol–water partition coefficient (Wildman–Crippen LogP) is 0.420. The zero-order valence-electron chi connectivity index (χ0n) is 9.36. The Morgan fingerprint density at radius 3 is 3.00 bits per heavy atom. The van der Waals surface area contributed by atoms with Crippen LogP contribution in [0.3, 0.4) is 0 Å². The van der Waals surface area contributed by atoms with Crippen molar-refractivity contribution in [3.8, 4) is 0 Å². The van der Waals surface area contributed by atoms with Crippen LogP contribution in [0.1, 0.15) is 13.3 Å². The van der Waals surface area contributed by atoms with E-state index in [-0.39, 0.29) is 18.0 Å². The van der Waals surface area contributed by atoms with Gasteiger partial charge in [0.2, 0.25) is 0 Å². The van der Waals surface area contributed by atoms with Gasteiger partial charge >= 0.3 is 5.97 Å². The van der Waals surface area contributed by atoms with Crippen molar-refractivity contribution < 1.29 is 14.3 Å². The van der Waals surface area contributed by atoms with E-state index in [4.69, 9.17) is 9.47 Å². The lowest BCUT2D eigenvalue weighted by Crippen LogP contribution is -2.52. The minimum Gasteiger partial charge on any atom is -0.469 e. The molecule has 0 aromatic carbocycles. The molecule has 2 rings (SSSR count). The Bertz CT molecular complexity index is 244. The molecule has 2 fully saturated rings. The molecule has 2 aliphatic rings. The number of carbonyl (C=O) groups is 1. The largest absolute Gasteiger partial charge is 0.469 e. The molecule has 0 aromatic rings. The van der Waals surface area contributed by atoms with Crippen molar-refractivity contribution in [1.82, 2.24) is 5.32 Å². The summed E-state index contributed by atoms with van der Waals surface area (Å²) < 4.78 is 10.5. The number of ether oxygens (including phenoxy) is 2. The highest BCUT2D eigenvalue weighted by Gasteiger charge is 2.43. The minimum atomic E-state index is -0.112. The Morgan fingerprint density at radius 2 is 2.27 bits per heavy atom. The van der Waals surface area contributed by atoms with Crippen molar-refractivity contribution in [3.63, 3.8) is 0 Å². The topological polar surface area (TPSA) is 47.6 Å². The summed E-state index contributed by atoms with van der Waals surface area (Å²) >= 11 is 0. The first kappa shape index (κ1) is 10.9. The van der Waals surface area contributed by atoms with E-state index in [0.717, 1.165) is 19.5 Å². The Kier molecular flexibility index (Phi) is 3.26. The second kappa shape index (κ2) is 4.49. The maximum Gasteiger partial charge on any atom is 0.311 e. The lowest BCUT2D eigenvalue weighted by atomic mass is 9.73. The number of nitrogens with one attached hydrogen (secondary N) is 1. The maximum absolute atomic E-state index is 11.6. The molecule has 2 saturated heterocycles. The normalized spacial score (nSPS) is 40.7. The smallest absolute Gasteiger partial charge is 0.311 e. The average Bonchev–Trinajstić information content (AvgIpc) is 2.29. The van der Waals surface area contributed by atoms with Gasteiger partial charge in [0.05, 0.1) is 25.7 Å². The SMILES string of the molecule is COC(=O)[C@@H]1COC(C)C2CNCCC21. The van der Waals surface area contributed by atoms with Crippen LogP contribution in [-0.4, -0.2) is 38.9 Å². The third kappa shape index (κ3) is 2.01. The van der Waals surface area contributed by atoms with E-state index < -0.39 is 0 Å². The van der Waals surface area contributed by atoms with Gasteiger partial charge in [-0.1, -0.05) is 0 Å². The third-order valence-electron chi connectivity index (χ3n) is 3.75. The van der Waals surface area contributed by atoms with Crippen LogP contribution in [0.5, 0.6) is 0 Å². The van der Waals surface area contributed by atoms with Gasteiger partial charge in [0.25, 0.3) is 0 Å². The summed E-state index contributed by atoms with van der Waals surface area (Å²) in [7, 11) is 1.45. The highest BCUT2D eigenvalue weighted by molar-refractivity contribution is 5.73. The molecular formula is C11H19NO3. The van der Waals surface area contributed by atoms with Crippen molar-refractivity contribution in [2.75, 3.05) is 26.8 Å². The van der Waals surface area contributed by atoms with Crippen LogP contribution in [0, 0.1) is 17.8 Å². The molecule has 0 amide bonds. The predicted molar refractivity (Wildman–Crippen MR) is 55.4 cm³/mol. The molecule has 86 valence electrons. The Labute approximate surface area is 90.3 Å². The Morgan fingerprint density at radius 1 is 1.47 bits per heavy atom. The zero-order valence-corrected chi connectivity index (χ0v) is 9.36. The number of rotatable bonds is 1. The first-order chi connectivity index (χ1) is 7.24. The van der Waals surface area contributed by atoms with Gasteiger partial charge < -0.3 is 14.8 Å². The van der Waals surface area contributed by atoms with E-state index in [2.05, 4.69) is 12.2 Å². The zero-order chi connectivity index (χ0) is 10.8. The van der Waals surface area contributed by atoms with E-state index in [1.165, 1.54) is 7.11 Å². The number of fused-ring (bicyclic) bond motifs is 1. The standard InChI is InChI=1S/C11H19NO3/c1-7-9-5-12-4-3-8(9)10(6-15-7)11(13)14-2/h7-10,12H,3-6H2,1-2H3/t7?,8?,9?,10-/m1/s1. The van der Waals surface area contributed by atoms with E-state index in [0.29, 0.717) is 18.4 Å². The van der Waals surface area contributed by atoms with Crippen molar-refractivity contribution >= 4 is 5.97 Å². The van der Waals surface area contributed by atoms with Crippen LogP contribution in [0.2, 0.25) is 0 Å². The van der Waals surface area contributed by atoms with Gasteiger partial charge in [-0.15, -0.1) is 0 Å². The fourth-order valence-corrected chi connectivity index (χ4v) is 2.81. The van der Waals surface area contributed by atoms with Gasteiger partial charge in [-0.3, -0.25) is 4.79 Å². The fraction of sp³-hybridized carbons (Fsp3) is 0.909. The van der Waals surface area contributed by atoms with Crippen LogP contribution < -0.4 is 5.32 Å². The van der Waals surface area contributed by atoms with Gasteiger partial charge in [-0.2, -0.15) is 0 Å². The van der Waals surface area contributed by atoms with Gasteiger partial charge in [0.1, 0.15) is 0 Å². The number of carbonyl (C=O) groups excluding carboxylic acids is 1. The molecule has 0 bridgehead atoms. The molecule has 15 heavy (non-hydrogen) atoms. The Balaban J connectivity index is 2.10. The number of methoxy groups -OCH3 is 1. The van der Waals surface area contributed by atoms with Crippen LogP contribution >= 0.6 is 0 Å². The molecule has 0 spiro atoms. The molecule has 1 N–H and O–H groups in total. The fourth-order valence-electron chi connectivity index (χ4n) is 2.81. The second-order valence-corrected chi connectivity index (χ2v) is 4.49. The highest BCUT2D eigenvalue weighted by atomic mass is 16.5. The number of esters is 1. The van der Waals surface area contributed by atoms with E-state index >= 15 is 0 Å². The van der Waals surface area contributed by atoms with Crippen molar-refractivity contribution in [1.29, 1.82) is 0 Å². The molecule has 2 heterocycles. The quantitative estimate of drug-likeness (QED) is 0.641. The van der Waals surface area contributed by atoms with Gasteiger partial charge in [0.15, 0.2) is 0 Å². The summed E-state index contributed by atoms with van der Waals surface area (Å²) in [6.45, 7) is 4.58. The third-order valence-corrected chi connectivity index (χ3v) is 3.75. The second-order valence-electron chi connectivity index (χ2n) is 4.49. The van der Waals surface area contributed by atoms with E-state index in [1.54, 1.807) is 0 Å². The van der Waals surface area contributed by atoms with E-state index in [1.807, 2.05) is 0 Å². The summed E-state index contributed by atoms with van der Waals surface area (Å²) in [4.78, 5) is 11.6. The molecule has 4 heteroatoms. The number of hydrogen-bond acceptors (Lipinski definition) is 4. The van der Waals surface area contributed by atoms with Crippen LogP contribution in [-0.2, 0) is 14.3 Å². The van der Waals surface area contributed by atoms with Gasteiger partial charge in [-0.25, -0.2) is 0 Å². The first-order valence-electron chi connectivity index (χ1n) is 5.64. The van der Waals surface area contributed by atoms with Gasteiger partial charge in [-0.05, 0) is 25.8 Å². The van der Waals surface area contributed by atoms with Crippen LogP contribution in [0.4, 0.5) is 0 Å². The summed E-state index contributed by atoms with van der Waals surface area (Å²) in [5.74, 6) is 0.719. The minimum absolute atomic E-state index is 0.0571. The molecule has 4 atom stereocenters. The van der Waals surface area contributed by atoms with Crippen LogP contribution in [0.15, 0.2) is 0 Å². The van der Waals surface area contributed by atoms with Crippen LogP contribution in [0.25, 0.3) is 0 Å². The number of hydrogen-bond donors (Lipinski definition) is 1. The molecule has 2 aliphatic heterocycles. The van der Waals surface area contributed by atoms with E-state index in [9.17, 15) is 4.79 Å². The summed E-state index contributed by atoms with van der Waals surface area (Å²) in [5, 5.41) is 3.36. The lowest BCUT2D eigenvalue weighted by Gasteiger charge is -2.43. The highest BCUT2D eigenvalue weighted by Crippen LogP contribution is 2.35. The first-order valence-corrected chi connectivity index (χ1v) is 5.64. The molecule has 3 unspecified atom stereocenters. The van der Waals surface area contributed by atoms with Crippen molar-refractivity contribution in [2.24, 2.45) is 17.8 Å². The van der Waals surface area contributed by atoms with Crippen molar-refractivity contribution in [2.45, 2.75) is 19.4 Å². The molecule has 0 saturated carbocycles. The molecule has 0 aliphatic carbocycles. The number of piperidine rings is 1. The summed E-state index contributed by atoms with van der Waals surface area (Å²) in [5.41, 5.74) is 0. The Hall–Kier alpha value is -0.610. The van der Waals surface area contributed by atoms with Crippen molar-refractivity contribution in [3.05, 3.63) is 0 Å². The molecular weight excluding hydrogens is 194 g/mol. The monoisotopic (exact) mass is 213 g/mol. The summed E-state index contributed by atoms with van der Waals surface area (Å²) in [6.07, 6.45) is 1.31. The van der Waals surface area contributed by atoms with Gasteiger partial charge in [0, 0.05) is 12.5 Å². The molecule has 0 radical (unpaired) electrons.